The van der Waals surface area contributed by atoms with E-state index in [2.05, 4.69) is 42.6 Å². The minimum Gasteiger partial charge on any atom is -0.396 e. The smallest absolute Gasteiger partial charge is 0.0468 e. The van der Waals surface area contributed by atoms with Crippen molar-refractivity contribution in [3.8, 4) is 0 Å². The molecule has 0 aromatic heterocycles. The maximum atomic E-state index is 8.93. The molecule has 2 nitrogen and oxygen atoms in total. The molecule has 88 valence electrons. The largest absolute Gasteiger partial charge is 0.396 e. The highest BCUT2D eigenvalue weighted by Gasteiger charge is 2.29. The molecule has 0 aliphatic heterocycles. The van der Waals surface area contributed by atoms with Crippen LogP contribution in [-0.4, -0.2) is 24.3 Å². The molecule has 0 radical (unpaired) electrons. The normalized spacial score (nSPS) is 26.1. The van der Waals surface area contributed by atoms with Crippen LogP contribution in [0.5, 0.6) is 0 Å². The lowest BCUT2D eigenvalue weighted by atomic mass is 9.76. The number of hydrogen-bond acceptors (Lipinski definition) is 2. The maximum Gasteiger partial charge on any atom is 0.0468 e. The lowest BCUT2D eigenvalue weighted by Crippen LogP contribution is -2.42. The van der Waals surface area contributed by atoms with E-state index in [4.69, 9.17) is 5.11 Å². The zero-order valence-electron chi connectivity index (χ0n) is 9.89. The number of nitrogens with one attached hydrogen (secondary N) is 1. The van der Waals surface area contributed by atoms with Crippen molar-refractivity contribution in [1.29, 1.82) is 0 Å². The first-order valence-corrected chi connectivity index (χ1v) is 6.18. The van der Waals surface area contributed by atoms with Gasteiger partial charge < -0.3 is 10.4 Å². The summed E-state index contributed by atoms with van der Waals surface area (Å²) in [6.45, 7) is 3.28. The minimum absolute atomic E-state index is 0.280. The molecule has 1 aliphatic carbocycles. The van der Waals surface area contributed by atoms with Gasteiger partial charge in [-0.1, -0.05) is 37.3 Å². The van der Waals surface area contributed by atoms with E-state index in [1.165, 1.54) is 18.4 Å². The molecule has 1 fully saturated rings. The Labute approximate surface area is 97.7 Å². The minimum atomic E-state index is 0.280. The molecule has 0 saturated heterocycles. The van der Waals surface area contributed by atoms with Crippen LogP contribution in [0.4, 0.5) is 0 Å². The molecular weight excluding hydrogens is 198 g/mol. The van der Waals surface area contributed by atoms with Gasteiger partial charge >= 0.3 is 0 Å². The van der Waals surface area contributed by atoms with Gasteiger partial charge in [0.1, 0.15) is 0 Å². The Bertz CT molecular complexity index is 306. The Morgan fingerprint density at radius 2 is 2.00 bits per heavy atom. The third-order valence-electron chi connectivity index (χ3n) is 3.48. The summed E-state index contributed by atoms with van der Waals surface area (Å²) in [4.78, 5) is 0. The molecule has 0 spiro atoms. The first kappa shape index (κ1) is 11.6. The monoisotopic (exact) mass is 219 g/mol. The second kappa shape index (κ2) is 5.46. The van der Waals surface area contributed by atoms with E-state index >= 15 is 0 Å². The summed E-state index contributed by atoms with van der Waals surface area (Å²) in [5, 5.41) is 12.4. The summed E-state index contributed by atoms with van der Waals surface area (Å²) in [6.07, 6.45) is 2.48. The molecule has 1 unspecified atom stereocenters. The molecule has 1 aliphatic rings. The highest BCUT2D eigenvalue weighted by molar-refractivity contribution is 5.22. The van der Waals surface area contributed by atoms with Gasteiger partial charge in [0.2, 0.25) is 0 Å². The third kappa shape index (κ3) is 2.83. The highest BCUT2D eigenvalue weighted by Crippen LogP contribution is 2.36. The maximum absolute atomic E-state index is 8.93. The van der Waals surface area contributed by atoms with Crippen molar-refractivity contribution < 1.29 is 5.11 Å². The standard InChI is InChI=1S/C14H21NO/c1-11(10-16)9-15-14-7-13(8-14)12-5-3-2-4-6-12/h2-6,11,13-16H,7-10H2,1H3. The van der Waals surface area contributed by atoms with Crippen LogP contribution in [0, 0.1) is 5.92 Å². The summed E-state index contributed by atoms with van der Waals surface area (Å²) < 4.78 is 0. The van der Waals surface area contributed by atoms with E-state index in [0.717, 1.165) is 12.5 Å². The van der Waals surface area contributed by atoms with Gasteiger partial charge in [0.05, 0.1) is 0 Å². The van der Waals surface area contributed by atoms with Crippen molar-refractivity contribution >= 4 is 0 Å². The Kier molecular flexibility index (Phi) is 3.97. The molecule has 1 aromatic rings. The van der Waals surface area contributed by atoms with Crippen molar-refractivity contribution in [2.45, 2.75) is 31.7 Å². The van der Waals surface area contributed by atoms with Crippen LogP contribution >= 0.6 is 0 Å². The molecule has 2 rings (SSSR count). The van der Waals surface area contributed by atoms with Gasteiger partial charge in [-0.15, -0.1) is 0 Å². The predicted molar refractivity (Wildman–Crippen MR) is 66.5 cm³/mol. The molecule has 16 heavy (non-hydrogen) atoms. The zero-order chi connectivity index (χ0) is 11.4. The SMILES string of the molecule is CC(CO)CNC1CC(c2ccccc2)C1. The highest BCUT2D eigenvalue weighted by atomic mass is 16.3. The Balaban J connectivity index is 1.70. The first-order chi connectivity index (χ1) is 7.79. The van der Waals surface area contributed by atoms with Crippen molar-refractivity contribution in [1.82, 2.24) is 5.32 Å². The van der Waals surface area contributed by atoms with Gasteiger partial charge in [-0.25, -0.2) is 0 Å². The van der Waals surface area contributed by atoms with E-state index < -0.39 is 0 Å². The van der Waals surface area contributed by atoms with Crippen molar-refractivity contribution in [3.63, 3.8) is 0 Å². The van der Waals surface area contributed by atoms with Crippen LogP contribution in [0.1, 0.15) is 31.2 Å². The average Bonchev–Trinajstić information content (AvgIpc) is 2.28. The fraction of sp³-hybridized carbons (Fsp3) is 0.571. The molecule has 0 bridgehead atoms. The summed E-state index contributed by atoms with van der Waals surface area (Å²) >= 11 is 0. The second-order valence-corrected chi connectivity index (χ2v) is 4.97. The quantitative estimate of drug-likeness (QED) is 0.795. The second-order valence-electron chi connectivity index (χ2n) is 4.97. The van der Waals surface area contributed by atoms with Crippen LogP contribution in [0.25, 0.3) is 0 Å². The third-order valence-corrected chi connectivity index (χ3v) is 3.48. The Morgan fingerprint density at radius 1 is 1.31 bits per heavy atom. The van der Waals surface area contributed by atoms with Gasteiger partial charge in [0, 0.05) is 19.2 Å². The number of hydrogen-bond donors (Lipinski definition) is 2. The van der Waals surface area contributed by atoms with E-state index in [1.54, 1.807) is 0 Å². The topological polar surface area (TPSA) is 32.3 Å². The molecule has 1 saturated carbocycles. The fourth-order valence-corrected chi connectivity index (χ4v) is 2.21. The van der Waals surface area contributed by atoms with Crippen LogP contribution in [0.15, 0.2) is 30.3 Å². The summed E-state index contributed by atoms with van der Waals surface area (Å²) in [5.74, 6) is 1.11. The molecule has 2 N–H and O–H groups in total. The molecule has 1 atom stereocenters. The Hall–Kier alpha value is -0.860. The van der Waals surface area contributed by atoms with Gasteiger partial charge in [0.15, 0.2) is 0 Å². The predicted octanol–water partition coefficient (Wildman–Crippen LogP) is 2.15. The lowest BCUT2D eigenvalue weighted by Gasteiger charge is -2.37. The molecule has 1 aromatic carbocycles. The average molecular weight is 219 g/mol. The number of aliphatic hydroxyl groups is 1. The Morgan fingerprint density at radius 3 is 2.62 bits per heavy atom. The van der Waals surface area contributed by atoms with Crippen LogP contribution < -0.4 is 5.32 Å². The van der Waals surface area contributed by atoms with E-state index in [-0.39, 0.29) is 6.61 Å². The molecule has 0 amide bonds. The summed E-state index contributed by atoms with van der Waals surface area (Å²) in [5.41, 5.74) is 1.47. The van der Waals surface area contributed by atoms with E-state index in [9.17, 15) is 0 Å². The number of aliphatic hydroxyl groups excluding tert-OH is 1. The summed E-state index contributed by atoms with van der Waals surface area (Å²) in [7, 11) is 0. The van der Waals surface area contributed by atoms with Gasteiger partial charge in [-0.05, 0) is 30.2 Å². The molecular formula is C14H21NO. The molecule has 0 heterocycles. The van der Waals surface area contributed by atoms with Crippen molar-refractivity contribution in [2.75, 3.05) is 13.2 Å². The van der Waals surface area contributed by atoms with E-state index in [1.807, 2.05) is 0 Å². The first-order valence-electron chi connectivity index (χ1n) is 6.18. The van der Waals surface area contributed by atoms with Crippen LogP contribution in [0.2, 0.25) is 0 Å². The van der Waals surface area contributed by atoms with Crippen LogP contribution in [0.3, 0.4) is 0 Å². The van der Waals surface area contributed by atoms with Gasteiger partial charge in [-0.2, -0.15) is 0 Å². The van der Waals surface area contributed by atoms with Crippen molar-refractivity contribution in [2.24, 2.45) is 5.92 Å². The lowest BCUT2D eigenvalue weighted by molar-refractivity contribution is 0.213. The van der Waals surface area contributed by atoms with E-state index in [0.29, 0.717) is 12.0 Å². The molecule has 2 heteroatoms. The zero-order valence-corrected chi connectivity index (χ0v) is 9.89. The summed E-state index contributed by atoms with van der Waals surface area (Å²) in [6, 6.07) is 11.4. The van der Waals surface area contributed by atoms with Gasteiger partial charge in [0.25, 0.3) is 0 Å². The van der Waals surface area contributed by atoms with Crippen molar-refractivity contribution in [3.05, 3.63) is 35.9 Å². The fourth-order valence-electron chi connectivity index (χ4n) is 2.21. The number of rotatable bonds is 5. The van der Waals surface area contributed by atoms with Crippen LogP contribution in [-0.2, 0) is 0 Å². The van der Waals surface area contributed by atoms with Gasteiger partial charge in [-0.3, -0.25) is 0 Å². The number of benzene rings is 1.